The lowest BCUT2D eigenvalue weighted by atomic mass is 10.1. The van der Waals surface area contributed by atoms with Crippen molar-refractivity contribution < 1.29 is 8.79 Å². The van der Waals surface area contributed by atoms with Crippen LogP contribution in [0.2, 0.25) is 0 Å². The minimum atomic E-state index is -0.211. The monoisotopic (exact) mass is 426 g/mol. The first-order valence-electron chi connectivity index (χ1n) is 7.04. The molecule has 6 heteroatoms. The number of rotatable bonds is 3. The summed E-state index contributed by atoms with van der Waals surface area (Å²) in [6.07, 6.45) is 4.98. The lowest BCUT2D eigenvalue weighted by Gasteiger charge is -2.05. The molecular formula is C16H15Br2FN3+. The molecule has 0 atom stereocenters. The molecule has 3 aromatic rings. The van der Waals surface area contributed by atoms with Crippen molar-refractivity contribution in [2.75, 3.05) is 0 Å². The Morgan fingerprint density at radius 2 is 2.05 bits per heavy atom. The van der Waals surface area contributed by atoms with E-state index in [0.717, 1.165) is 44.6 Å². The Bertz CT molecular complexity index is 858. The zero-order chi connectivity index (χ0) is 15.9. The van der Waals surface area contributed by atoms with Gasteiger partial charge in [-0.2, -0.15) is 4.40 Å². The summed E-state index contributed by atoms with van der Waals surface area (Å²) in [5, 5.41) is 0. The average molecular weight is 428 g/mol. The predicted molar refractivity (Wildman–Crippen MR) is 91.2 cm³/mol. The number of hydrogen-bond donors (Lipinski definition) is 0. The Morgan fingerprint density at radius 3 is 2.73 bits per heavy atom. The van der Waals surface area contributed by atoms with Crippen molar-refractivity contribution in [1.82, 2.24) is 9.55 Å². The SMILES string of the molecule is CCCn1c(-c2ccc(F)cc2C)c[n+]2cc(Br)nc(Br)c12. The highest BCUT2D eigenvalue weighted by atomic mass is 79.9. The third kappa shape index (κ3) is 2.70. The highest BCUT2D eigenvalue weighted by Gasteiger charge is 2.23. The van der Waals surface area contributed by atoms with Crippen LogP contribution < -0.4 is 4.40 Å². The summed E-state index contributed by atoms with van der Waals surface area (Å²) >= 11 is 6.96. The molecule has 0 saturated carbocycles. The molecule has 0 aliphatic carbocycles. The van der Waals surface area contributed by atoms with Crippen molar-refractivity contribution in [3.8, 4) is 11.3 Å². The first kappa shape index (κ1) is 15.6. The fourth-order valence-corrected chi connectivity index (χ4v) is 3.94. The Hall–Kier alpha value is -1.27. The number of benzene rings is 1. The van der Waals surface area contributed by atoms with Gasteiger partial charge < -0.3 is 0 Å². The van der Waals surface area contributed by atoms with Crippen molar-refractivity contribution in [2.45, 2.75) is 26.8 Å². The van der Waals surface area contributed by atoms with Crippen LogP contribution in [0.3, 0.4) is 0 Å². The van der Waals surface area contributed by atoms with Crippen LogP contribution in [0.1, 0.15) is 18.9 Å². The molecule has 1 aromatic carbocycles. The number of aromatic nitrogens is 3. The van der Waals surface area contributed by atoms with Gasteiger partial charge in [-0.3, -0.25) is 0 Å². The molecule has 114 valence electrons. The summed E-state index contributed by atoms with van der Waals surface area (Å²) in [6.45, 7) is 4.93. The quantitative estimate of drug-likeness (QED) is 0.556. The molecule has 0 fully saturated rings. The fourth-order valence-electron chi connectivity index (χ4n) is 2.70. The van der Waals surface area contributed by atoms with Crippen LogP contribution in [0.15, 0.2) is 39.8 Å². The van der Waals surface area contributed by atoms with Gasteiger partial charge >= 0.3 is 5.65 Å². The molecule has 0 radical (unpaired) electrons. The number of hydrogen-bond acceptors (Lipinski definition) is 1. The summed E-state index contributed by atoms with van der Waals surface area (Å²) in [6, 6.07) is 4.91. The summed E-state index contributed by atoms with van der Waals surface area (Å²) < 4.78 is 19.2. The first-order valence-corrected chi connectivity index (χ1v) is 8.63. The lowest BCUT2D eigenvalue weighted by Crippen LogP contribution is -2.20. The van der Waals surface area contributed by atoms with E-state index in [1.165, 1.54) is 6.07 Å². The van der Waals surface area contributed by atoms with Gasteiger partial charge in [-0.1, -0.05) is 6.92 Å². The van der Waals surface area contributed by atoms with Crippen LogP contribution in [0.25, 0.3) is 16.9 Å². The summed E-state index contributed by atoms with van der Waals surface area (Å²) in [5.41, 5.74) is 3.99. The van der Waals surface area contributed by atoms with Gasteiger partial charge in [0, 0.05) is 5.56 Å². The summed E-state index contributed by atoms with van der Waals surface area (Å²) in [4.78, 5) is 4.42. The third-order valence-corrected chi connectivity index (χ3v) is 4.51. The molecule has 2 heterocycles. The van der Waals surface area contributed by atoms with Gasteiger partial charge in [-0.15, -0.1) is 0 Å². The van der Waals surface area contributed by atoms with E-state index >= 15 is 0 Å². The van der Waals surface area contributed by atoms with Crippen LogP contribution in [0.5, 0.6) is 0 Å². The van der Waals surface area contributed by atoms with Crippen LogP contribution in [-0.4, -0.2) is 9.55 Å². The molecule has 0 spiro atoms. The molecule has 0 aliphatic rings. The summed E-state index contributed by atoms with van der Waals surface area (Å²) in [5.74, 6) is -0.211. The molecule has 0 N–H and O–H groups in total. The van der Waals surface area contributed by atoms with Gasteiger partial charge in [-0.25, -0.2) is 13.9 Å². The normalized spacial score (nSPS) is 11.3. The van der Waals surface area contributed by atoms with Gasteiger partial charge in [0.05, 0.1) is 6.54 Å². The number of nitrogens with zero attached hydrogens (tertiary/aromatic N) is 3. The zero-order valence-corrected chi connectivity index (χ0v) is 15.4. The molecule has 0 unspecified atom stereocenters. The minimum absolute atomic E-state index is 0.211. The molecule has 0 amide bonds. The smallest absolute Gasteiger partial charge is 0.222 e. The standard InChI is InChI=1S/C16H15Br2FN3/c1-3-6-22-13(12-5-4-11(19)7-10(12)2)8-21-9-14(17)20-15(18)16(21)22/h4-5,7-9H,3,6H2,1-2H3/q+1. The highest BCUT2D eigenvalue weighted by molar-refractivity contribution is 9.11. The maximum absolute atomic E-state index is 13.4. The van der Waals surface area contributed by atoms with E-state index in [2.05, 4.69) is 54.5 Å². The van der Waals surface area contributed by atoms with Gasteiger partial charge in [0.25, 0.3) is 0 Å². The van der Waals surface area contributed by atoms with Crippen molar-refractivity contribution in [3.63, 3.8) is 0 Å². The van der Waals surface area contributed by atoms with E-state index in [4.69, 9.17) is 0 Å². The van der Waals surface area contributed by atoms with Crippen molar-refractivity contribution in [2.24, 2.45) is 0 Å². The molecule has 3 rings (SSSR count). The van der Waals surface area contributed by atoms with Crippen LogP contribution in [0, 0.1) is 12.7 Å². The summed E-state index contributed by atoms with van der Waals surface area (Å²) in [7, 11) is 0. The average Bonchev–Trinajstić information content (AvgIpc) is 2.77. The first-order chi connectivity index (χ1) is 10.5. The van der Waals surface area contributed by atoms with Crippen molar-refractivity contribution in [1.29, 1.82) is 0 Å². The largest absolute Gasteiger partial charge is 0.320 e. The Morgan fingerprint density at radius 1 is 1.27 bits per heavy atom. The van der Waals surface area contributed by atoms with Crippen molar-refractivity contribution >= 4 is 37.5 Å². The molecule has 22 heavy (non-hydrogen) atoms. The molecular weight excluding hydrogens is 413 g/mol. The van der Waals surface area contributed by atoms with E-state index in [1.54, 1.807) is 6.07 Å². The lowest BCUT2D eigenvalue weighted by molar-refractivity contribution is -0.512. The number of fused-ring (bicyclic) bond motifs is 1. The molecule has 0 saturated heterocycles. The zero-order valence-electron chi connectivity index (χ0n) is 12.3. The van der Waals surface area contributed by atoms with Gasteiger partial charge in [-0.05, 0) is 69.0 Å². The Kier molecular flexibility index (Phi) is 4.32. The minimum Gasteiger partial charge on any atom is -0.222 e. The predicted octanol–water partition coefficient (Wildman–Crippen LogP) is 4.67. The maximum atomic E-state index is 13.4. The molecule has 2 aromatic heterocycles. The van der Waals surface area contributed by atoms with Gasteiger partial charge in [0.2, 0.25) is 0 Å². The van der Waals surface area contributed by atoms with Crippen LogP contribution in [-0.2, 0) is 6.54 Å². The molecule has 0 bridgehead atoms. The Balaban J connectivity index is 2.33. The van der Waals surface area contributed by atoms with E-state index in [9.17, 15) is 4.39 Å². The van der Waals surface area contributed by atoms with Crippen LogP contribution >= 0.6 is 31.9 Å². The number of halogens is 3. The third-order valence-electron chi connectivity index (χ3n) is 3.60. The van der Waals surface area contributed by atoms with Gasteiger partial charge in [0.15, 0.2) is 10.3 Å². The van der Waals surface area contributed by atoms with Crippen LogP contribution in [0.4, 0.5) is 4.39 Å². The number of aryl methyl sites for hydroxylation is 2. The second kappa shape index (κ2) is 6.08. The second-order valence-electron chi connectivity index (χ2n) is 5.21. The van der Waals surface area contributed by atoms with Crippen molar-refractivity contribution in [3.05, 3.63) is 51.2 Å². The molecule has 0 aliphatic heterocycles. The highest BCUT2D eigenvalue weighted by Crippen LogP contribution is 2.27. The Labute approximate surface area is 145 Å². The number of imidazole rings is 1. The van der Waals surface area contributed by atoms with E-state index in [-0.39, 0.29) is 5.82 Å². The topological polar surface area (TPSA) is 21.9 Å². The molecule has 3 nitrogen and oxygen atoms in total. The maximum Gasteiger partial charge on any atom is 0.320 e. The van der Waals surface area contributed by atoms with E-state index < -0.39 is 0 Å². The fraction of sp³-hybridized carbons (Fsp3) is 0.250. The second-order valence-corrected chi connectivity index (χ2v) is 6.77. The van der Waals surface area contributed by atoms with E-state index in [1.807, 2.05) is 23.6 Å². The van der Waals surface area contributed by atoms with Gasteiger partial charge in [0.1, 0.15) is 22.8 Å². The van der Waals surface area contributed by atoms with E-state index in [0.29, 0.717) is 0 Å².